The first-order valence-corrected chi connectivity index (χ1v) is 7.76. The van der Waals surface area contributed by atoms with Crippen LogP contribution in [0.15, 0.2) is 18.2 Å². The average Bonchev–Trinajstić information content (AvgIpc) is 2.75. The number of imidazole rings is 1. The summed E-state index contributed by atoms with van der Waals surface area (Å²) >= 11 is 0. The lowest BCUT2D eigenvalue weighted by Crippen LogP contribution is -2.26. The molecule has 1 N–H and O–H groups in total. The molecule has 0 radical (unpaired) electrons. The van der Waals surface area contributed by atoms with Crippen molar-refractivity contribution in [3.63, 3.8) is 0 Å². The summed E-state index contributed by atoms with van der Waals surface area (Å²) in [5.41, 5.74) is 3.76. The predicted octanol–water partition coefficient (Wildman–Crippen LogP) is 3.72. The van der Waals surface area contributed by atoms with Gasteiger partial charge in [0.2, 0.25) is 0 Å². The maximum absolute atomic E-state index is 4.86. The zero-order valence-corrected chi connectivity index (χ0v) is 13.4. The van der Waals surface area contributed by atoms with E-state index in [2.05, 4.69) is 62.7 Å². The van der Waals surface area contributed by atoms with Crippen molar-refractivity contribution in [2.45, 2.75) is 59.5 Å². The van der Waals surface area contributed by atoms with Gasteiger partial charge in [-0.3, -0.25) is 0 Å². The maximum Gasteiger partial charge on any atom is 0.111 e. The fraction of sp³-hybridized carbons (Fsp3) is 0.588. The molecule has 0 bridgehead atoms. The molecular weight excluding hydrogens is 246 g/mol. The van der Waals surface area contributed by atoms with Gasteiger partial charge in [-0.05, 0) is 38.0 Å². The van der Waals surface area contributed by atoms with Gasteiger partial charge in [0, 0.05) is 25.0 Å². The highest BCUT2D eigenvalue weighted by molar-refractivity contribution is 5.77. The van der Waals surface area contributed by atoms with E-state index >= 15 is 0 Å². The summed E-state index contributed by atoms with van der Waals surface area (Å²) in [4.78, 5) is 4.86. The maximum atomic E-state index is 4.86. The number of benzene rings is 1. The minimum Gasteiger partial charge on any atom is -0.325 e. The molecule has 0 unspecified atom stereocenters. The van der Waals surface area contributed by atoms with Crippen molar-refractivity contribution in [2.24, 2.45) is 0 Å². The van der Waals surface area contributed by atoms with Gasteiger partial charge in [0.25, 0.3) is 0 Å². The fourth-order valence-electron chi connectivity index (χ4n) is 2.64. The molecule has 0 spiro atoms. The molecule has 0 saturated heterocycles. The van der Waals surface area contributed by atoms with Crippen molar-refractivity contribution >= 4 is 11.0 Å². The summed E-state index contributed by atoms with van der Waals surface area (Å²) in [5.74, 6) is 1.19. The van der Waals surface area contributed by atoms with E-state index in [-0.39, 0.29) is 0 Å². The van der Waals surface area contributed by atoms with Crippen molar-refractivity contribution < 1.29 is 0 Å². The Hall–Kier alpha value is -1.35. The van der Waals surface area contributed by atoms with Crippen LogP contribution >= 0.6 is 0 Å². The molecule has 3 nitrogen and oxygen atoms in total. The number of aromatic nitrogens is 2. The molecule has 1 aromatic heterocycles. The third-order valence-corrected chi connectivity index (χ3v) is 3.65. The molecule has 2 aromatic rings. The first-order chi connectivity index (χ1) is 9.52. The first kappa shape index (κ1) is 15.0. The Bertz CT molecular complexity index is 567. The molecule has 1 aromatic carbocycles. The Labute approximate surface area is 122 Å². The number of hydrogen-bond donors (Lipinski definition) is 1. The molecule has 2 rings (SSSR count). The number of hydrogen-bond acceptors (Lipinski definition) is 2. The Balaban J connectivity index is 2.34. The van der Waals surface area contributed by atoms with Gasteiger partial charge in [-0.2, -0.15) is 0 Å². The Morgan fingerprint density at radius 3 is 2.55 bits per heavy atom. The number of fused-ring (bicyclic) bond motifs is 1. The number of nitrogens with zero attached hydrogens (tertiary/aromatic N) is 2. The molecular formula is C17H27N3. The van der Waals surface area contributed by atoms with Crippen LogP contribution in [-0.2, 0) is 12.8 Å². The zero-order chi connectivity index (χ0) is 14.7. The van der Waals surface area contributed by atoms with Crippen molar-refractivity contribution in [3.8, 4) is 0 Å². The molecule has 1 heterocycles. The average molecular weight is 273 g/mol. The van der Waals surface area contributed by atoms with Gasteiger partial charge in [0.05, 0.1) is 11.0 Å². The molecule has 0 amide bonds. The van der Waals surface area contributed by atoms with E-state index in [1.807, 2.05) is 0 Å². The molecule has 0 aliphatic heterocycles. The van der Waals surface area contributed by atoms with Crippen LogP contribution in [0.3, 0.4) is 0 Å². The van der Waals surface area contributed by atoms with Gasteiger partial charge in [-0.1, -0.05) is 26.8 Å². The summed E-state index contributed by atoms with van der Waals surface area (Å²) in [6.45, 7) is 12.0. The second-order valence-electron chi connectivity index (χ2n) is 6.03. The van der Waals surface area contributed by atoms with Crippen molar-refractivity contribution in [3.05, 3.63) is 29.6 Å². The Kier molecular flexibility index (Phi) is 4.81. The van der Waals surface area contributed by atoms with E-state index in [1.165, 1.54) is 16.9 Å². The largest absolute Gasteiger partial charge is 0.325 e. The van der Waals surface area contributed by atoms with Crippen LogP contribution in [0.4, 0.5) is 0 Å². The number of rotatable bonds is 6. The molecule has 0 aliphatic carbocycles. The fourth-order valence-corrected chi connectivity index (χ4v) is 2.64. The third kappa shape index (κ3) is 3.21. The lowest BCUT2D eigenvalue weighted by atomic mass is 10.1. The quantitative estimate of drug-likeness (QED) is 0.869. The topological polar surface area (TPSA) is 29.9 Å². The predicted molar refractivity (Wildman–Crippen MR) is 86.3 cm³/mol. The summed E-state index contributed by atoms with van der Waals surface area (Å²) in [6.07, 6.45) is 2.04. The van der Waals surface area contributed by atoms with E-state index in [1.54, 1.807) is 0 Å². The summed E-state index contributed by atoms with van der Waals surface area (Å²) < 4.78 is 2.37. The van der Waals surface area contributed by atoms with Crippen LogP contribution in [0.2, 0.25) is 0 Å². The minimum absolute atomic E-state index is 0.446. The molecule has 20 heavy (non-hydrogen) atoms. The van der Waals surface area contributed by atoms with Gasteiger partial charge in [-0.15, -0.1) is 0 Å². The normalized spacial score (nSPS) is 11.9. The van der Waals surface area contributed by atoms with E-state index in [0.29, 0.717) is 12.1 Å². The summed E-state index contributed by atoms with van der Waals surface area (Å²) in [7, 11) is 0. The smallest absolute Gasteiger partial charge is 0.111 e. The number of nitrogens with one attached hydrogen (secondary N) is 1. The van der Waals surface area contributed by atoms with Crippen LogP contribution in [0.25, 0.3) is 11.0 Å². The van der Waals surface area contributed by atoms with Crippen LogP contribution < -0.4 is 5.32 Å². The standard InChI is InChI=1S/C17H27N3/c1-6-14-7-8-16-15(11-14)19-17(20(16)13(4)5)9-10-18-12(2)3/h7-8,11-13,18H,6,9-10H2,1-5H3. The second kappa shape index (κ2) is 6.40. The van der Waals surface area contributed by atoms with Crippen molar-refractivity contribution in [1.29, 1.82) is 0 Å². The van der Waals surface area contributed by atoms with Crippen LogP contribution in [0, 0.1) is 0 Å². The zero-order valence-electron chi connectivity index (χ0n) is 13.4. The van der Waals surface area contributed by atoms with Crippen molar-refractivity contribution in [2.75, 3.05) is 6.54 Å². The molecule has 0 atom stereocenters. The van der Waals surface area contributed by atoms with Crippen molar-refractivity contribution in [1.82, 2.24) is 14.9 Å². The summed E-state index contributed by atoms with van der Waals surface area (Å²) in [6, 6.07) is 7.65. The Morgan fingerprint density at radius 2 is 1.95 bits per heavy atom. The van der Waals surface area contributed by atoms with E-state index in [4.69, 9.17) is 4.98 Å². The van der Waals surface area contributed by atoms with E-state index in [0.717, 1.165) is 24.9 Å². The lowest BCUT2D eigenvalue weighted by molar-refractivity contribution is 0.546. The highest BCUT2D eigenvalue weighted by Crippen LogP contribution is 2.22. The van der Waals surface area contributed by atoms with Gasteiger partial charge in [0.15, 0.2) is 0 Å². The summed E-state index contributed by atoms with van der Waals surface area (Å²) in [5, 5.41) is 3.47. The van der Waals surface area contributed by atoms with Gasteiger partial charge >= 0.3 is 0 Å². The molecule has 0 aliphatic rings. The van der Waals surface area contributed by atoms with E-state index < -0.39 is 0 Å². The molecule has 0 fully saturated rings. The molecule has 110 valence electrons. The highest BCUT2D eigenvalue weighted by atomic mass is 15.1. The van der Waals surface area contributed by atoms with Gasteiger partial charge in [-0.25, -0.2) is 4.98 Å². The first-order valence-electron chi connectivity index (χ1n) is 7.76. The molecule has 0 saturated carbocycles. The minimum atomic E-state index is 0.446. The molecule has 3 heteroatoms. The lowest BCUT2D eigenvalue weighted by Gasteiger charge is -2.14. The SMILES string of the molecule is CCc1ccc2c(c1)nc(CCNC(C)C)n2C(C)C. The van der Waals surface area contributed by atoms with Crippen LogP contribution in [0.5, 0.6) is 0 Å². The highest BCUT2D eigenvalue weighted by Gasteiger charge is 2.13. The van der Waals surface area contributed by atoms with Crippen LogP contribution in [-0.4, -0.2) is 22.1 Å². The van der Waals surface area contributed by atoms with Gasteiger partial charge in [0.1, 0.15) is 5.82 Å². The second-order valence-corrected chi connectivity index (χ2v) is 6.03. The number of aryl methyl sites for hydroxylation is 1. The van der Waals surface area contributed by atoms with Gasteiger partial charge < -0.3 is 9.88 Å². The monoisotopic (exact) mass is 273 g/mol. The van der Waals surface area contributed by atoms with E-state index in [9.17, 15) is 0 Å². The Morgan fingerprint density at radius 1 is 1.20 bits per heavy atom. The third-order valence-electron chi connectivity index (χ3n) is 3.65. The van der Waals surface area contributed by atoms with Crippen LogP contribution in [0.1, 0.15) is 52.0 Å².